The number of imidazole rings is 1. The van der Waals surface area contributed by atoms with Crippen molar-refractivity contribution in [2.75, 3.05) is 12.4 Å². The van der Waals surface area contributed by atoms with E-state index >= 15 is 0 Å². The molecule has 0 aliphatic rings. The summed E-state index contributed by atoms with van der Waals surface area (Å²) >= 11 is 0. The smallest absolute Gasteiger partial charge is 0.251 e. The molecule has 3 aromatic rings. The molecular formula is C10H11N5O. The van der Waals surface area contributed by atoms with Gasteiger partial charge in [0.2, 0.25) is 0 Å². The fraction of sp³-hybridized carbons (Fsp3) is 0.300. The van der Waals surface area contributed by atoms with Crippen molar-refractivity contribution >= 4 is 28.1 Å². The number of oxazole rings is 1. The number of hydrogen-bond acceptors (Lipinski definition) is 5. The summed E-state index contributed by atoms with van der Waals surface area (Å²) in [5, 5.41) is 3.01. The van der Waals surface area contributed by atoms with Gasteiger partial charge in [0.15, 0.2) is 17.2 Å². The monoisotopic (exact) mass is 217 g/mol. The van der Waals surface area contributed by atoms with Crippen molar-refractivity contribution in [3.05, 3.63) is 12.2 Å². The van der Waals surface area contributed by atoms with Crippen LogP contribution in [0, 0.1) is 6.92 Å². The van der Waals surface area contributed by atoms with E-state index in [4.69, 9.17) is 4.42 Å². The van der Waals surface area contributed by atoms with Gasteiger partial charge < -0.3 is 14.3 Å². The zero-order valence-corrected chi connectivity index (χ0v) is 9.27. The van der Waals surface area contributed by atoms with Crippen LogP contribution in [0.25, 0.3) is 22.3 Å². The second-order valence-corrected chi connectivity index (χ2v) is 3.65. The summed E-state index contributed by atoms with van der Waals surface area (Å²) < 4.78 is 7.36. The molecule has 3 rings (SSSR count). The van der Waals surface area contributed by atoms with Crippen LogP contribution in [0.4, 0.5) is 5.82 Å². The van der Waals surface area contributed by atoms with E-state index in [0.717, 1.165) is 16.6 Å². The third kappa shape index (κ3) is 1.04. The lowest BCUT2D eigenvalue weighted by Gasteiger charge is -2.00. The molecule has 0 amide bonds. The molecule has 6 heteroatoms. The van der Waals surface area contributed by atoms with E-state index in [1.165, 1.54) is 0 Å². The molecule has 3 aromatic heterocycles. The first-order valence-corrected chi connectivity index (χ1v) is 4.96. The van der Waals surface area contributed by atoms with Gasteiger partial charge in [-0.15, -0.1) is 0 Å². The van der Waals surface area contributed by atoms with Crippen molar-refractivity contribution in [1.29, 1.82) is 0 Å². The zero-order chi connectivity index (χ0) is 11.3. The predicted octanol–water partition coefficient (Wildman–Crippen LogP) is 1.46. The van der Waals surface area contributed by atoms with Gasteiger partial charge in [-0.3, -0.25) is 0 Å². The molecule has 0 saturated heterocycles. The van der Waals surface area contributed by atoms with E-state index in [1.807, 2.05) is 25.6 Å². The molecule has 0 atom stereocenters. The normalized spacial score (nSPS) is 11.4. The van der Waals surface area contributed by atoms with Crippen molar-refractivity contribution in [3.8, 4) is 0 Å². The topological polar surface area (TPSA) is 68.8 Å². The molecule has 3 heterocycles. The Balaban J connectivity index is 2.59. The minimum Gasteiger partial charge on any atom is -0.422 e. The highest BCUT2D eigenvalue weighted by Crippen LogP contribution is 2.27. The minimum absolute atomic E-state index is 0.540. The maximum Gasteiger partial charge on any atom is 0.251 e. The van der Waals surface area contributed by atoms with Gasteiger partial charge in [0.05, 0.1) is 6.33 Å². The van der Waals surface area contributed by atoms with E-state index in [2.05, 4.69) is 20.3 Å². The number of anilines is 1. The van der Waals surface area contributed by atoms with Crippen molar-refractivity contribution in [1.82, 2.24) is 19.5 Å². The Morgan fingerprint density at radius 2 is 2.12 bits per heavy atom. The summed E-state index contributed by atoms with van der Waals surface area (Å²) in [6.45, 7) is 1.81. The van der Waals surface area contributed by atoms with Crippen molar-refractivity contribution in [2.45, 2.75) is 6.92 Å². The maximum atomic E-state index is 5.44. The Labute approximate surface area is 91.3 Å². The molecule has 0 aromatic carbocycles. The van der Waals surface area contributed by atoms with Gasteiger partial charge in [0.1, 0.15) is 11.0 Å². The highest BCUT2D eigenvalue weighted by molar-refractivity contribution is 6.03. The first kappa shape index (κ1) is 9.14. The molecule has 0 radical (unpaired) electrons. The Bertz CT molecular complexity index is 681. The van der Waals surface area contributed by atoms with Gasteiger partial charge in [0.25, 0.3) is 5.71 Å². The lowest BCUT2D eigenvalue weighted by atomic mass is 10.3. The highest BCUT2D eigenvalue weighted by Gasteiger charge is 2.15. The van der Waals surface area contributed by atoms with Gasteiger partial charge >= 0.3 is 0 Å². The maximum absolute atomic E-state index is 5.44. The summed E-state index contributed by atoms with van der Waals surface area (Å²) in [6, 6.07) is 0. The number of aromatic nitrogens is 4. The third-order valence-electron chi connectivity index (χ3n) is 2.55. The van der Waals surface area contributed by atoms with Gasteiger partial charge in [-0.05, 0) is 0 Å². The predicted molar refractivity (Wildman–Crippen MR) is 60.4 cm³/mol. The number of aryl methyl sites for hydroxylation is 2. The Morgan fingerprint density at radius 1 is 1.31 bits per heavy atom. The van der Waals surface area contributed by atoms with E-state index < -0.39 is 0 Å². The molecule has 0 spiro atoms. The van der Waals surface area contributed by atoms with Gasteiger partial charge in [-0.25, -0.2) is 9.97 Å². The van der Waals surface area contributed by atoms with Crippen molar-refractivity contribution < 1.29 is 4.42 Å². The average Bonchev–Trinajstić information content (AvgIpc) is 2.80. The number of rotatable bonds is 1. The summed E-state index contributed by atoms with van der Waals surface area (Å²) in [6.07, 6.45) is 1.75. The number of fused-ring (bicyclic) bond motifs is 3. The Kier molecular flexibility index (Phi) is 1.68. The first-order valence-electron chi connectivity index (χ1n) is 4.96. The Morgan fingerprint density at radius 3 is 2.88 bits per heavy atom. The number of nitrogens with zero attached hydrogens (tertiary/aromatic N) is 4. The second kappa shape index (κ2) is 2.94. The van der Waals surface area contributed by atoms with Gasteiger partial charge in [-0.1, -0.05) is 0 Å². The van der Waals surface area contributed by atoms with Crippen molar-refractivity contribution in [3.63, 3.8) is 0 Å². The largest absolute Gasteiger partial charge is 0.422 e. The van der Waals surface area contributed by atoms with Gasteiger partial charge in [0, 0.05) is 21.0 Å². The van der Waals surface area contributed by atoms with Gasteiger partial charge in [-0.2, -0.15) is 4.98 Å². The van der Waals surface area contributed by atoms with Crippen LogP contribution in [0.2, 0.25) is 0 Å². The Hall–Kier alpha value is -2.11. The van der Waals surface area contributed by atoms with Crippen LogP contribution in [0.5, 0.6) is 0 Å². The van der Waals surface area contributed by atoms with E-state index in [1.54, 1.807) is 6.33 Å². The fourth-order valence-electron chi connectivity index (χ4n) is 1.86. The summed E-state index contributed by atoms with van der Waals surface area (Å²) in [5.74, 6) is 1.32. The molecule has 0 aliphatic carbocycles. The molecule has 16 heavy (non-hydrogen) atoms. The molecule has 0 saturated carbocycles. The average molecular weight is 217 g/mol. The number of hydrogen-bond donors (Lipinski definition) is 1. The highest BCUT2D eigenvalue weighted by atomic mass is 16.4. The summed E-state index contributed by atoms with van der Waals surface area (Å²) in [4.78, 5) is 13.0. The van der Waals surface area contributed by atoms with Crippen LogP contribution in [0.1, 0.15) is 5.89 Å². The third-order valence-corrected chi connectivity index (χ3v) is 2.55. The van der Waals surface area contributed by atoms with Crippen LogP contribution < -0.4 is 5.32 Å². The summed E-state index contributed by atoms with van der Waals surface area (Å²) in [7, 11) is 3.74. The molecular weight excluding hydrogens is 206 g/mol. The molecule has 0 fully saturated rings. The van der Waals surface area contributed by atoms with Crippen molar-refractivity contribution in [2.24, 2.45) is 7.05 Å². The van der Waals surface area contributed by atoms with E-state index in [9.17, 15) is 0 Å². The van der Waals surface area contributed by atoms with Crippen LogP contribution >= 0.6 is 0 Å². The number of nitrogens with one attached hydrogen (secondary N) is 1. The number of pyridine rings is 1. The SMILES string of the molecule is CNc1nc2oc(C)nc2c2c1ncn2C. The standard InChI is InChI=1S/C10H11N5O/c1-5-13-7-8-6(12-4-15(8)3)9(11-2)14-10(7)16-5/h4H,1-3H3,(H,11,14). The molecule has 0 unspecified atom stereocenters. The first-order chi connectivity index (χ1) is 7.70. The fourth-order valence-corrected chi connectivity index (χ4v) is 1.86. The van der Waals surface area contributed by atoms with Crippen LogP contribution in [0.15, 0.2) is 10.7 Å². The minimum atomic E-state index is 0.540. The molecule has 6 nitrogen and oxygen atoms in total. The quantitative estimate of drug-likeness (QED) is 0.668. The second-order valence-electron chi connectivity index (χ2n) is 3.65. The van der Waals surface area contributed by atoms with E-state index in [0.29, 0.717) is 17.4 Å². The molecule has 0 aliphatic heterocycles. The zero-order valence-electron chi connectivity index (χ0n) is 9.27. The van der Waals surface area contributed by atoms with Crippen LogP contribution in [-0.4, -0.2) is 26.6 Å². The molecule has 0 bridgehead atoms. The van der Waals surface area contributed by atoms with Crippen LogP contribution in [-0.2, 0) is 7.05 Å². The lowest BCUT2D eigenvalue weighted by molar-refractivity contribution is 0.552. The van der Waals surface area contributed by atoms with E-state index in [-0.39, 0.29) is 0 Å². The van der Waals surface area contributed by atoms with Crippen LogP contribution in [0.3, 0.4) is 0 Å². The molecule has 1 N–H and O–H groups in total. The molecule has 82 valence electrons. The lowest BCUT2D eigenvalue weighted by Crippen LogP contribution is -1.95. The summed E-state index contributed by atoms with van der Waals surface area (Å²) in [5.41, 5.74) is 3.04.